The van der Waals surface area contributed by atoms with Crippen LogP contribution in [0.5, 0.6) is 0 Å². The van der Waals surface area contributed by atoms with Gasteiger partial charge in [-0.05, 0) is 32.1 Å². The third-order valence-corrected chi connectivity index (χ3v) is 4.78. The maximum absolute atomic E-state index is 8.56. The highest BCUT2D eigenvalue weighted by molar-refractivity contribution is 4.81. The zero-order valence-corrected chi connectivity index (χ0v) is 18.7. The maximum Gasteiger partial charge on any atom is 0.0701 e. The number of unbranched alkanes of at least 4 members (excludes halogenated alkanes) is 12. The van der Waals surface area contributed by atoms with Crippen LogP contribution in [0, 0.1) is 0 Å². The van der Waals surface area contributed by atoms with E-state index in [-0.39, 0.29) is 6.61 Å². The Morgan fingerprint density at radius 2 is 0.929 bits per heavy atom. The minimum absolute atomic E-state index is 0.0689. The van der Waals surface area contributed by atoms with Gasteiger partial charge in [-0.25, -0.2) is 0 Å². The highest BCUT2D eigenvalue weighted by Gasteiger charge is 1.94. The third kappa shape index (κ3) is 25.6. The molecule has 1 N–H and O–H groups in total. The van der Waals surface area contributed by atoms with Gasteiger partial charge in [-0.1, -0.05) is 76.9 Å². The summed E-state index contributed by atoms with van der Waals surface area (Å²) >= 11 is 0. The molecule has 0 aliphatic carbocycles. The van der Waals surface area contributed by atoms with Gasteiger partial charge < -0.3 is 19.3 Å². The van der Waals surface area contributed by atoms with Gasteiger partial charge in [-0.3, -0.25) is 0 Å². The number of aliphatic hydroxyl groups is 1. The summed E-state index contributed by atoms with van der Waals surface area (Å²) in [5, 5.41) is 8.56. The second kappa shape index (κ2) is 26.6. The molecule has 0 unspecified atom stereocenters. The van der Waals surface area contributed by atoms with E-state index in [4.69, 9.17) is 19.3 Å². The van der Waals surface area contributed by atoms with Gasteiger partial charge in [0.05, 0.1) is 39.6 Å². The predicted octanol–water partition coefficient (Wildman–Crippen LogP) is 6.07. The fourth-order valence-electron chi connectivity index (χ4n) is 3.06. The van der Waals surface area contributed by atoms with Crippen LogP contribution in [0.2, 0.25) is 0 Å². The van der Waals surface area contributed by atoms with Crippen LogP contribution in [-0.4, -0.2) is 51.4 Å². The lowest BCUT2D eigenvalue weighted by molar-refractivity contribution is 0.00719. The summed E-state index contributed by atoms with van der Waals surface area (Å²) in [5.74, 6) is 0. The smallest absolute Gasteiger partial charge is 0.0701 e. The molecule has 4 heteroatoms. The number of rotatable bonds is 24. The number of allylic oxidation sites excluding steroid dienone is 2. The first-order valence-electron chi connectivity index (χ1n) is 11.9. The molecule has 0 bridgehead atoms. The molecule has 0 heterocycles. The van der Waals surface area contributed by atoms with E-state index in [9.17, 15) is 0 Å². The summed E-state index contributed by atoms with van der Waals surface area (Å²) in [6, 6.07) is 0. The lowest BCUT2D eigenvalue weighted by Gasteiger charge is -2.06. The second-order valence-electron chi connectivity index (χ2n) is 7.50. The monoisotopic (exact) mass is 400 g/mol. The number of aliphatic hydroxyl groups excluding tert-OH is 1. The molecule has 0 radical (unpaired) electrons. The number of ether oxygens (including phenoxy) is 3. The second-order valence-corrected chi connectivity index (χ2v) is 7.50. The lowest BCUT2D eigenvalue weighted by atomic mass is 10.1. The first-order chi connectivity index (χ1) is 13.9. The summed E-state index contributed by atoms with van der Waals surface area (Å²) in [7, 11) is 0. The van der Waals surface area contributed by atoms with Crippen molar-refractivity contribution in [2.45, 2.75) is 96.8 Å². The quantitative estimate of drug-likeness (QED) is 0.158. The Kier molecular flexibility index (Phi) is 26.2. The highest BCUT2D eigenvalue weighted by Crippen LogP contribution is 2.09. The van der Waals surface area contributed by atoms with Gasteiger partial charge in [0.1, 0.15) is 0 Å². The molecule has 0 aliphatic rings. The summed E-state index contributed by atoms with van der Waals surface area (Å²) < 4.78 is 16.0. The van der Waals surface area contributed by atoms with Crippen molar-refractivity contribution in [1.82, 2.24) is 0 Å². The summed E-state index contributed by atoms with van der Waals surface area (Å²) in [6.07, 6.45) is 23.4. The summed E-state index contributed by atoms with van der Waals surface area (Å²) in [5.41, 5.74) is 0. The topological polar surface area (TPSA) is 47.9 Å². The molecular formula is C24H48O4. The molecule has 0 aromatic carbocycles. The Balaban J connectivity index is 3.03. The Labute approximate surface area is 175 Å². The molecule has 0 aliphatic heterocycles. The van der Waals surface area contributed by atoms with Gasteiger partial charge in [0.15, 0.2) is 0 Å². The molecule has 168 valence electrons. The first kappa shape index (κ1) is 27.6. The molecule has 0 atom stereocenters. The van der Waals surface area contributed by atoms with Gasteiger partial charge in [-0.15, -0.1) is 0 Å². The lowest BCUT2D eigenvalue weighted by Crippen LogP contribution is -2.11. The van der Waals surface area contributed by atoms with Gasteiger partial charge in [0, 0.05) is 6.61 Å². The van der Waals surface area contributed by atoms with E-state index < -0.39 is 0 Å². The molecule has 0 saturated carbocycles. The minimum atomic E-state index is 0.0689. The Bertz CT molecular complexity index is 294. The van der Waals surface area contributed by atoms with Gasteiger partial charge >= 0.3 is 0 Å². The van der Waals surface area contributed by atoms with E-state index in [1.165, 1.54) is 83.5 Å². The first-order valence-corrected chi connectivity index (χ1v) is 11.9. The summed E-state index contributed by atoms with van der Waals surface area (Å²) in [4.78, 5) is 0. The van der Waals surface area contributed by atoms with Crippen LogP contribution in [0.15, 0.2) is 12.2 Å². The standard InChI is InChI=1S/C24H48O4/c1-2-3-4-5-6-7-8-9-10-11-12-13-14-15-16-17-19-26-21-23-28-24-22-27-20-18-25/h9-10,25H,2-8,11-24H2,1H3/b10-9+. The molecule has 4 nitrogen and oxygen atoms in total. The molecular weight excluding hydrogens is 352 g/mol. The third-order valence-electron chi connectivity index (χ3n) is 4.78. The van der Waals surface area contributed by atoms with E-state index in [1.807, 2.05) is 0 Å². The number of hydrogen-bond donors (Lipinski definition) is 1. The van der Waals surface area contributed by atoms with E-state index in [1.54, 1.807) is 0 Å². The molecule has 0 saturated heterocycles. The predicted molar refractivity (Wildman–Crippen MR) is 119 cm³/mol. The van der Waals surface area contributed by atoms with Gasteiger partial charge in [0.25, 0.3) is 0 Å². The Morgan fingerprint density at radius 1 is 0.500 bits per heavy atom. The van der Waals surface area contributed by atoms with Crippen molar-refractivity contribution in [3.63, 3.8) is 0 Å². The van der Waals surface area contributed by atoms with Crippen molar-refractivity contribution >= 4 is 0 Å². The van der Waals surface area contributed by atoms with Crippen LogP contribution in [0.25, 0.3) is 0 Å². The van der Waals surface area contributed by atoms with Crippen LogP contribution in [-0.2, 0) is 14.2 Å². The molecule has 0 aromatic rings. The fraction of sp³-hybridized carbons (Fsp3) is 0.917. The molecule has 28 heavy (non-hydrogen) atoms. The van der Waals surface area contributed by atoms with Gasteiger partial charge in [-0.2, -0.15) is 0 Å². The Hall–Kier alpha value is -0.420. The number of hydrogen-bond acceptors (Lipinski definition) is 4. The average molecular weight is 401 g/mol. The van der Waals surface area contributed by atoms with Crippen LogP contribution in [0.4, 0.5) is 0 Å². The van der Waals surface area contributed by atoms with Crippen molar-refractivity contribution < 1.29 is 19.3 Å². The zero-order valence-electron chi connectivity index (χ0n) is 18.7. The molecule has 0 amide bonds. The van der Waals surface area contributed by atoms with E-state index >= 15 is 0 Å². The zero-order chi connectivity index (χ0) is 20.4. The van der Waals surface area contributed by atoms with Crippen molar-refractivity contribution in [1.29, 1.82) is 0 Å². The molecule has 0 rings (SSSR count). The van der Waals surface area contributed by atoms with Crippen molar-refractivity contribution in [3.8, 4) is 0 Å². The highest BCUT2D eigenvalue weighted by atomic mass is 16.5. The largest absolute Gasteiger partial charge is 0.394 e. The minimum Gasteiger partial charge on any atom is -0.394 e. The van der Waals surface area contributed by atoms with E-state index in [0.29, 0.717) is 33.0 Å². The SMILES string of the molecule is CCCCCCCC/C=C/CCCCCCCCOCCOCCOCCO. The van der Waals surface area contributed by atoms with Crippen molar-refractivity contribution in [2.75, 3.05) is 46.2 Å². The van der Waals surface area contributed by atoms with Crippen LogP contribution >= 0.6 is 0 Å². The van der Waals surface area contributed by atoms with Crippen molar-refractivity contribution in [3.05, 3.63) is 12.2 Å². The molecule has 0 aromatic heterocycles. The summed E-state index contributed by atoms with van der Waals surface area (Å²) in [6.45, 7) is 5.95. The van der Waals surface area contributed by atoms with Crippen LogP contribution in [0.1, 0.15) is 96.8 Å². The van der Waals surface area contributed by atoms with Crippen LogP contribution in [0.3, 0.4) is 0 Å². The fourth-order valence-corrected chi connectivity index (χ4v) is 3.06. The van der Waals surface area contributed by atoms with E-state index in [0.717, 1.165) is 13.0 Å². The van der Waals surface area contributed by atoms with Gasteiger partial charge in [0.2, 0.25) is 0 Å². The maximum atomic E-state index is 8.56. The molecule has 0 spiro atoms. The average Bonchev–Trinajstić information content (AvgIpc) is 2.71. The Morgan fingerprint density at radius 3 is 1.46 bits per heavy atom. The van der Waals surface area contributed by atoms with Crippen molar-refractivity contribution in [2.24, 2.45) is 0 Å². The normalized spacial score (nSPS) is 11.6. The van der Waals surface area contributed by atoms with E-state index in [2.05, 4.69) is 19.1 Å². The molecule has 0 fully saturated rings. The van der Waals surface area contributed by atoms with Crippen LogP contribution < -0.4 is 0 Å².